The van der Waals surface area contributed by atoms with Crippen LogP contribution >= 0.6 is 0 Å². The Hall–Kier alpha value is -2.62. The number of esters is 1. The van der Waals surface area contributed by atoms with E-state index in [-0.39, 0.29) is 24.5 Å². The highest BCUT2D eigenvalue weighted by Crippen LogP contribution is 2.32. The molecule has 0 saturated heterocycles. The molecule has 0 unspecified atom stereocenters. The van der Waals surface area contributed by atoms with Crippen molar-refractivity contribution in [1.29, 1.82) is 0 Å². The number of para-hydroxylation sites is 1. The monoisotopic (exact) mass is 511 g/mol. The summed E-state index contributed by atoms with van der Waals surface area (Å²) in [5, 5.41) is 2.86. The number of hydrogen-bond acceptors (Lipinski definition) is 6. The number of carbonyl (C=O) groups excluding carboxylic acids is 1. The maximum atomic E-state index is 13.0. The zero-order chi connectivity index (χ0) is 26.1. The van der Waals surface area contributed by atoms with Gasteiger partial charge in [0.1, 0.15) is 6.61 Å². The van der Waals surface area contributed by atoms with E-state index in [1.165, 1.54) is 37.8 Å². The number of halogens is 3. The van der Waals surface area contributed by atoms with Gasteiger partial charge in [0, 0.05) is 12.3 Å². The van der Waals surface area contributed by atoms with Gasteiger partial charge in [0.15, 0.2) is 0 Å². The van der Waals surface area contributed by atoms with Gasteiger partial charge in [-0.1, -0.05) is 50.8 Å². The second kappa shape index (κ2) is 16.9. The molecule has 200 valence electrons. The van der Waals surface area contributed by atoms with Crippen LogP contribution in [0.1, 0.15) is 54.9 Å². The molecular formula is C27H36F3NO5. The minimum Gasteiger partial charge on any atom is -0.460 e. The van der Waals surface area contributed by atoms with Gasteiger partial charge in [-0.25, -0.2) is 4.79 Å². The largest absolute Gasteiger partial charge is 0.460 e. The van der Waals surface area contributed by atoms with Crippen molar-refractivity contribution in [3.05, 3.63) is 59.7 Å². The first-order valence-corrected chi connectivity index (χ1v) is 12.4. The van der Waals surface area contributed by atoms with Crippen LogP contribution in [-0.2, 0) is 25.1 Å². The zero-order valence-electron chi connectivity index (χ0n) is 20.8. The van der Waals surface area contributed by atoms with Crippen LogP contribution in [0.3, 0.4) is 0 Å². The summed E-state index contributed by atoms with van der Waals surface area (Å²) >= 11 is 0. The van der Waals surface area contributed by atoms with E-state index in [2.05, 4.69) is 12.2 Å². The molecule has 0 aliphatic carbocycles. The van der Waals surface area contributed by atoms with Crippen LogP contribution in [0.5, 0.6) is 0 Å². The summed E-state index contributed by atoms with van der Waals surface area (Å²) in [5.74, 6) is -0.600. The summed E-state index contributed by atoms with van der Waals surface area (Å²) < 4.78 is 60.5. The van der Waals surface area contributed by atoms with Gasteiger partial charge in [-0.2, -0.15) is 13.2 Å². The molecule has 6 nitrogen and oxygen atoms in total. The number of alkyl halides is 3. The molecule has 9 heteroatoms. The van der Waals surface area contributed by atoms with Crippen molar-refractivity contribution in [3.8, 4) is 0 Å². The molecule has 36 heavy (non-hydrogen) atoms. The van der Waals surface area contributed by atoms with Crippen molar-refractivity contribution in [2.24, 2.45) is 0 Å². The first-order valence-electron chi connectivity index (χ1n) is 12.4. The summed E-state index contributed by atoms with van der Waals surface area (Å²) in [6.45, 7) is 5.03. The lowest BCUT2D eigenvalue weighted by Crippen LogP contribution is -2.15. The molecule has 0 aromatic heterocycles. The van der Waals surface area contributed by atoms with Gasteiger partial charge in [-0.05, 0) is 36.8 Å². The van der Waals surface area contributed by atoms with Crippen LogP contribution in [0.2, 0.25) is 0 Å². The molecule has 1 N–H and O–H groups in total. The molecule has 2 aromatic carbocycles. The lowest BCUT2D eigenvalue weighted by molar-refractivity contribution is -0.137. The topological polar surface area (TPSA) is 66.0 Å². The SMILES string of the molecule is CCCCCCCOCCOCCOCCOC(=O)c1ccccc1Nc1cccc(C(F)(F)F)c1. The van der Waals surface area contributed by atoms with Crippen LogP contribution in [0.25, 0.3) is 0 Å². The third kappa shape index (κ3) is 11.9. The lowest BCUT2D eigenvalue weighted by Gasteiger charge is -2.13. The highest BCUT2D eigenvalue weighted by molar-refractivity contribution is 5.96. The Kier molecular flexibility index (Phi) is 13.9. The number of benzene rings is 2. The van der Waals surface area contributed by atoms with Crippen LogP contribution in [0, 0.1) is 0 Å². The molecule has 0 fully saturated rings. The fraction of sp³-hybridized carbons (Fsp3) is 0.519. The van der Waals surface area contributed by atoms with E-state index in [0.717, 1.165) is 25.2 Å². The third-order valence-corrected chi connectivity index (χ3v) is 5.21. The van der Waals surface area contributed by atoms with Crippen molar-refractivity contribution in [2.75, 3.05) is 51.6 Å². The molecule has 2 rings (SSSR count). The van der Waals surface area contributed by atoms with E-state index >= 15 is 0 Å². The molecule has 0 heterocycles. The summed E-state index contributed by atoms with van der Waals surface area (Å²) in [6, 6.07) is 11.2. The second-order valence-electron chi connectivity index (χ2n) is 8.14. The van der Waals surface area contributed by atoms with Gasteiger partial charge in [0.25, 0.3) is 0 Å². The first-order chi connectivity index (χ1) is 17.4. The summed E-state index contributed by atoms with van der Waals surface area (Å²) in [4.78, 5) is 12.5. The Balaban J connectivity index is 1.61. The number of hydrogen-bond donors (Lipinski definition) is 1. The van der Waals surface area contributed by atoms with Crippen molar-refractivity contribution in [1.82, 2.24) is 0 Å². The molecule has 0 saturated carbocycles. The van der Waals surface area contributed by atoms with E-state index in [0.29, 0.717) is 32.1 Å². The molecule has 0 atom stereocenters. The highest BCUT2D eigenvalue weighted by Gasteiger charge is 2.30. The maximum absolute atomic E-state index is 13.0. The van der Waals surface area contributed by atoms with E-state index in [4.69, 9.17) is 18.9 Å². The maximum Gasteiger partial charge on any atom is 0.416 e. The van der Waals surface area contributed by atoms with E-state index < -0.39 is 17.7 Å². The van der Waals surface area contributed by atoms with Crippen LogP contribution in [-0.4, -0.2) is 52.2 Å². The standard InChI is InChI=1S/C27H36F3NO5/c1-2-3-4-5-8-14-33-15-16-34-17-18-35-19-20-36-26(32)24-12-6-7-13-25(24)31-23-11-9-10-22(21-23)27(28,29)30/h6-7,9-13,21,31H,2-5,8,14-20H2,1H3. The number of ether oxygens (including phenoxy) is 4. The van der Waals surface area contributed by atoms with Gasteiger partial charge in [-0.3, -0.25) is 0 Å². The van der Waals surface area contributed by atoms with Crippen molar-refractivity contribution in [3.63, 3.8) is 0 Å². The van der Waals surface area contributed by atoms with E-state index in [1.807, 2.05) is 0 Å². The first kappa shape index (κ1) is 29.6. The quantitative estimate of drug-likeness (QED) is 0.179. The van der Waals surface area contributed by atoms with Gasteiger partial charge in [-0.15, -0.1) is 0 Å². The molecular weight excluding hydrogens is 475 g/mol. The van der Waals surface area contributed by atoms with Crippen molar-refractivity contribution in [2.45, 2.75) is 45.2 Å². The van der Waals surface area contributed by atoms with Crippen molar-refractivity contribution >= 4 is 17.3 Å². The average Bonchev–Trinajstić information content (AvgIpc) is 2.86. The Bertz CT molecular complexity index is 892. The van der Waals surface area contributed by atoms with Gasteiger partial charge >= 0.3 is 12.1 Å². The fourth-order valence-electron chi connectivity index (χ4n) is 3.32. The number of rotatable bonds is 18. The van der Waals surface area contributed by atoms with Crippen LogP contribution in [0.15, 0.2) is 48.5 Å². The Labute approximate surface area is 211 Å². The lowest BCUT2D eigenvalue weighted by atomic mass is 10.1. The molecule has 0 aliphatic heterocycles. The predicted octanol–water partition coefficient (Wildman–Crippen LogP) is 6.63. The van der Waals surface area contributed by atoms with Gasteiger partial charge in [0.2, 0.25) is 0 Å². The molecule has 0 spiro atoms. The number of anilines is 2. The normalized spacial score (nSPS) is 11.4. The molecule has 0 aliphatic rings. The number of carbonyl (C=O) groups is 1. The smallest absolute Gasteiger partial charge is 0.416 e. The number of unbranched alkanes of at least 4 members (excludes halogenated alkanes) is 4. The molecule has 0 bridgehead atoms. The Morgan fingerprint density at radius 3 is 2.11 bits per heavy atom. The van der Waals surface area contributed by atoms with Crippen LogP contribution < -0.4 is 5.32 Å². The molecule has 0 amide bonds. The predicted molar refractivity (Wildman–Crippen MR) is 133 cm³/mol. The Morgan fingerprint density at radius 2 is 1.42 bits per heavy atom. The van der Waals surface area contributed by atoms with E-state index in [9.17, 15) is 18.0 Å². The summed E-state index contributed by atoms with van der Waals surface area (Å²) in [6.07, 6.45) is 1.58. The molecule has 2 aromatic rings. The summed E-state index contributed by atoms with van der Waals surface area (Å²) in [7, 11) is 0. The fourth-order valence-corrected chi connectivity index (χ4v) is 3.32. The van der Waals surface area contributed by atoms with Gasteiger partial charge in [0.05, 0.1) is 49.8 Å². The second-order valence-corrected chi connectivity index (χ2v) is 8.14. The van der Waals surface area contributed by atoms with Crippen LogP contribution in [0.4, 0.5) is 24.5 Å². The van der Waals surface area contributed by atoms with Crippen molar-refractivity contribution < 1.29 is 36.9 Å². The third-order valence-electron chi connectivity index (χ3n) is 5.21. The minimum absolute atomic E-state index is 0.0396. The Morgan fingerprint density at radius 1 is 0.778 bits per heavy atom. The highest BCUT2D eigenvalue weighted by atomic mass is 19.4. The number of nitrogens with one attached hydrogen (secondary N) is 1. The summed E-state index contributed by atoms with van der Waals surface area (Å²) in [5.41, 5.74) is -0.00673. The zero-order valence-corrected chi connectivity index (χ0v) is 20.8. The van der Waals surface area contributed by atoms with E-state index in [1.54, 1.807) is 24.3 Å². The van der Waals surface area contributed by atoms with Gasteiger partial charge < -0.3 is 24.3 Å². The molecule has 0 radical (unpaired) electrons. The average molecular weight is 512 g/mol. The minimum atomic E-state index is -4.46.